The molecule has 2 aliphatic rings. The Labute approximate surface area is 196 Å². The van der Waals surface area contributed by atoms with Gasteiger partial charge in [0.1, 0.15) is 0 Å². The number of carbonyl (C=O) groups is 3. The second-order valence-electron chi connectivity index (χ2n) is 9.11. The van der Waals surface area contributed by atoms with Crippen LogP contribution in [-0.2, 0) is 25.7 Å². The lowest BCUT2D eigenvalue weighted by atomic mass is 9.96. The highest BCUT2D eigenvalue weighted by atomic mass is 16.5. The molecule has 2 atom stereocenters. The van der Waals surface area contributed by atoms with Crippen molar-refractivity contribution in [3.63, 3.8) is 0 Å². The summed E-state index contributed by atoms with van der Waals surface area (Å²) in [6, 6.07) is 9.55. The molecule has 0 bridgehead atoms. The third-order valence-electron chi connectivity index (χ3n) is 6.54. The third-order valence-corrected chi connectivity index (χ3v) is 6.54. The Balaban J connectivity index is 1.39. The van der Waals surface area contributed by atoms with Crippen LogP contribution in [0.15, 0.2) is 30.3 Å². The Bertz CT molecular complexity index is 767. The van der Waals surface area contributed by atoms with Gasteiger partial charge in [-0.25, -0.2) is 0 Å². The van der Waals surface area contributed by atoms with Crippen LogP contribution in [0.5, 0.6) is 0 Å². The molecule has 2 saturated heterocycles. The summed E-state index contributed by atoms with van der Waals surface area (Å²) in [6.45, 7) is 4.39. The molecule has 2 N–H and O–H groups in total. The van der Waals surface area contributed by atoms with Crippen LogP contribution < -0.4 is 5.32 Å². The maximum atomic E-state index is 12.7. The molecule has 2 heterocycles. The Kier molecular flexibility index (Phi) is 10.2. The molecule has 2 amide bonds. The summed E-state index contributed by atoms with van der Waals surface area (Å²) in [5.74, 6) is -2.18. The fourth-order valence-corrected chi connectivity index (χ4v) is 4.49. The normalized spacial score (nSPS) is 20.2. The Morgan fingerprint density at radius 1 is 1.06 bits per heavy atom. The average Bonchev–Trinajstić information content (AvgIpc) is 2.85. The summed E-state index contributed by atoms with van der Waals surface area (Å²) >= 11 is 0. The standard InChI is InChI=1S/C25H37N3O5/c29-23(11-15-27-12-5-2-6-13-27)28-14-7-10-21(17-28)24(30)26-16-22(25(31)32)19-33-18-20-8-3-1-4-9-20/h1,3-4,8-9,21-22H,2,5-7,10-19H2,(H,26,30)(H,31,32)/t21-,22?/m1/s1. The lowest BCUT2D eigenvalue weighted by molar-refractivity contribution is -0.144. The second kappa shape index (κ2) is 13.3. The van der Waals surface area contributed by atoms with Crippen molar-refractivity contribution in [3.05, 3.63) is 35.9 Å². The SMILES string of the molecule is O=C(O)C(CNC(=O)[C@@H]1CCCN(C(=O)CCN2CCCCC2)C1)COCc1ccccc1. The number of carboxylic acids is 1. The van der Waals surface area contributed by atoms with Crippen LogP contribution in [0.4, 0.5) is 0 Å². The van der Waals surface area contributed by atoms with Gasteiger partial charge in [-0.1, -0.05) is 36.8 Å². The van der Waals surface area contributed by atoms with E-state index in [1.807, 2.05) is 30.3 Å². The van der Waals surface area contributed by atoms with Gasteiger partial charge >= 0.3 is 5.97 Å². The molecule has 182 valence electrons. The molecular formula is C25H37N3O5. The van der Waals surface area contributed by atoms with Crippen molar-refractivity contribution in [1.82, 2.24) is 15.1 Å². The van der Waals surface area contributed by atoms with E-state index < -0.39 is 11.9 Å². The van der Waals surface area contributed by atoms with Gasteiger partial charge in [0.2, 0.25) is 11.8 Å². The Hall–Kier alpha value is -2.45. The minimum absolute atomic E-state index is 0.0162. The van der Waals surface area contributed by atoms with Crippen LogP contribution in [0.2, 0.25) is 0 Å². The van der Waals surface area contributed by atoms with Crippen LogP contribution in [-0.4, -0.2) is 78.6 Å². The van der Waals surface area contributed by atoms with Crippen LogP contribution >= 0.6 is 0 Å². The van der Waals surface area contributed by atoms with Crippen molar-refractivity contribution in [2.75, 3.05) is 45.9 Å². The summed E-state index contributed by atoms with van der Waals surface area (Å²) in [6.07, 6.45) is 5.67. The molecule has 0 spiro atoms. The summed E-state index contributed by atoms with van der Waals surface area (Å²) in [4.78, 5) is 41.1. The topological polar surface area (TPSA) is 99.2 Å². The number of carboxylic acid groups (broad SMARTS) is 1. The first-order valence-electron chi connectivity index (χ1n) is 12.1. The number of hydrogen-bond donors (Lipinski definition) is 2. The van der Waals surface area contributed by atoms with Crippen molar-refractivity contribution in [1.29, 1.82) is 0 Å². The van der Waals surface area contributed by atoms with Gasteiger partial charge < -0.3 is 25.0 Å². The molecule has 0 radical (unpaired) electrons. The van der Waals surface area contributed by atoms with Crippen LogP contribution in [0.25, 0.3) is 0 Å². The predicted octanol–water partition coefficient (Wildman–Crippen LogP) is 2.13. The highest BCUT2D eigenvalue weighted by molar-refractivity contribution is 5.82. The van der Waals surface area contributed by atoms with Gasteiger partial charge in [0.15, 0.2) is 0 Å². The van der Waals surface area contributed by atoms with Gasteiger partial charge in [-0.2, -0.15) is 0 Å². The lowest BCUT2D eigenvalue weighted by Gasteiger charge is -2.33. The summed E-state index contributed by atoms with van der Waals surface area (Å²) < 4.78 is 5.56. The minimum atomic E-state index is -0.999. The van der Waals surface area contributed by atoms with Crippen molar-refractivity contribution < 1.29 is 24.2 Å². The number of piperidine rings is 2. The number of amides is 2. The fraction of sp³-hybridized carbons (Fsp3) is 0.640. The van der Waals surface area contributed by atoms with E-state index >= 15 is 0 Å². The summed E-state index contributed by atoms with van der Waals surface area (Å²) in [5.41, 5.74) is 0.970. The maximum Gasteiger partial charge on any atom is 0.310 e. The molecule has 2 fully saturated rings. The quantitative estimate of drug-likeness (QED) is 0.526. The van der Waals surface area contributed by atoms with E-state index in [-0.39, 0.29) is 30.9 Å². The monoisotopic (exact) mass is 459 g/mol. The largest absolute Gasteiger partial charge is 0.481 e. The van der Waals surface area contributed by atoms with Crippen molar-refractivity contribution in [2.45, 2.75) is 45.1 Å². The molecule has 33 heavy (non-hydrogen) atoms. The van der Waals surface area contributed by atoms with Gasteiger partial charge in [-0.15, -0.1) is 0 Å². The van der Waals surface area contributed by atoms with E-state index in [1.54, 1.807) is 4.90 Å². The maximum absolute atomic E-state index is 12.7. The second-order valence-corrected chi connectivity index (χ2v) is 9.11. The molecule has 3 rings (SSSR count). The zero-order chi connectivity index (χ0) is 23.5. The molecule has 0 saturated carbocycles. The molecule has 0 aliphatic carbocycles. The third kappa shape index (κ3) is 8.44. The molecular weight excluding hydrogens is 422 g/mol. The first kappa shape index (κ1) is 25.2. The van der Waals surface area contributed by atoms with Crippen molar-refractivity contribution in [2.24, 2.45) is 11.8 Å². The number of nitrogens with zero attached hydrogens (tertiary/aromatic N) is 2. The number of likely N-dealkylation sites (tertiary alicyclic amines) is 2. The number of nitrogens with one attached hydrogen (secondary N) is 1. The summed E-state index contributed by atoms with van der Waals surface area (Å²) in [7, 11) is 0. The average molecular weight is 460 g/mol. The van der Waals surface area contributed by atoms with Crippen molar-refractivity contribution >= 4 is 17.8 Å². The highest BCUT2D eigenvalue weighted by Crippen LogP contribution is 2.18. The van der Waals surface area contributed by atoms with Gasteiger partial charge in [0.25, 0.3) is 0 Å². The number of hydrogen-bond acceptors (Lipinski definition) is 5. The molecule has 1 unspecified atom stereocenters. The number of aliphatic carboxylic acids is 1. The van der Waals surface area contributed by atoms with Crippen LogP contribution in [0.3, 0.4) is 0 Å². The van der Waals surface area contributed by atoms with Crippen LogP contribution in [0, 0.1) is 11.8 Å². The van der Waals surface area contributed by atoms with Gasteiger partial charge in [-0.3, -0.25) is 14.4 Å². The van der Waals surface area contributed by atoms with Gasteiger partial charge in [0.05, 0.1) is 25.0 Å². The number of rotatable bonds is 11. The molecule has 2 aliphatic heterocycles. The molecule has 8 nitrogen and oxygen atoms in total. The lowest BCUT2D eigenvalue weighted by Crippen LogP contribution is -2.47. The van der Waals surface area contributed by atoms with Crippen LogP contribution in [0.1, 0.15) is 44.1 Å². The number of carbonyl (C=O) groups excluding carboxylic acids is 2. The Morgan fingerprint density at radius 2 is 1.82 bits per heavy atom. The van der Waals surface area contributed by atoms with E-state index in [9.17, 15) is 19.5 Å². The minimum Gasteiger partial charge on any atom is -0.481 e. The fourth-order valence-electron chi connectivity index (χ4n) is 4.49. The van der Waals surface area contributed by atoms with E-state index in [4.69, 9.17) is 4.74 Å². The van der Waals surface area contributed by atoms with E-state index in [2.05, 4.69) is 10.2 Å². The summed E-state index contributed by atoms with van der Waals surface area (Å²) in [5, 5.41) is 12.3. The highest BCUT2D eigenvalue weighted by Gasteiger charge is 2.29. The first-order valence-corrected chi connectivity index (χ1v) is 12.1. The zero-order valence-electron chi connectivity index (χ0n) is 19.4. The van der Waals surface area contributed by atoms with E-state index in [0.717, 1.165) is 31.6 Å². The predicted molar refractivity (Wildman–Crippen MR) is 124 cm³/mol. The van der Waals surface area contributed by atoms with E-state index in [0.29, 0.717) is 32.5 Å². The van der Waals surface area contributed by atoms with Crippen molar-refractivity contribution in [3.8, 4) is 0 Å². The number of ether oxygens (including phenoxy) is 1. The number of benzene rings is 1. The molecule has 0 aromatic heterocycles. The van der Waals surface area contributed by atoms with Gasteiger partial charge in [0, 0.05) is 32.6 Å². The zero-order valence-corrected chi connectivity index (χ0v) is 19.4. The smallest absolute Gasteiger partial charge is 0.310 e. The van der Waals surface area contributed by atoms with E-state index in [1.165, 1.54) is 19.3 Å². The molecule has 1 aromatic carbocycles. The molecule has 1 aromatic rings. The van der Waals surface area contributed by atoms with Gasteiger partial charge in [-0.05, 0) is 44.3 Å². The molecule has 8 heteroatoms. The Morgan fingerprint density at radius 3 is 2.55 bits per heavy atom. The first-order chi connectivity index (χ1) is 16.0.